The molecule has 8 nitrogen and oxygen atoms in total. The van der Waals surface area contributed by atoms with Crippen molar-refractivity contribution in [1.82, 2.24) is 15.3 Å². The summed E-state index contributed by atoms with van der Waals surface area (Å²) < 4.78 is 69.9. The molecule has 1 fully saturated rings. The molecular formula is C24H27ClF3N5O3S. The first-order valence-electron chi connectivity index (χ1n) is 11.2. The summed E-state index contributed by atoms with van der Waals surface area (Å²) in [4.78, 5) is 10.2. The summed E-state index contributed by atoms with van der Waals surface area (Å²) in [5, 5.41) is 12.3. The second-order valence-electron chi connectivity index (χ2n) is 8.58. The van der Waals surface area contributed by atoms with E-state index in [1.54, 1.807) is 38.1 Å². The first-order valence-corrected chi connectivity index (χ1v) is 12.7. The zero-order valence-corrected chi connectivity index (χ0v) is 21.7. The van der Waals surface area contributed by atoms with E-state index in [9.17, 15) is 26.7 Å². The van der Waals surface area contributed by atoms with Crippen LogP contribution in [0.4, 0.5) is 24.8 Å². The highest BCUT2D eigenvalue weighted by Crippen LogP contribution is 2.39. The summed E-state index contributed by atoms with van der Waals surface area (Å²) in [5.74, 6) is 0.157. The van der Waals surface area contributed by atoms with Gasteiger partial charge in [0.05, 0.1) is 17.9 Å². The number of aryl methyl sites for hydroxylation is 2. The van der Waals surface area contributed by atoms with Gasteiger partial charge >= 0.3 is 6.18 Å². The molecule has 1 aliphatic rings. The SMILES string of the molecule is Cc1cccc(C)c1-c1nc(NS(=O)(=O)c2cccc(N3CCNC(CO)C3)n2)ccc1C(F)(F)F.Cl. The second-order valence-corrected chi connectivity index (χ2v) is 10.2. The molecule has 2 aromatic heterocycles. The van der Waals surface area contributed by atoms with Crippen LogP contribution in [0.15, 0.2) is 53.6 Å². The minimum atomic E-state index is -4.68. The van der Waals surface area contributed by atoms with Crippen LogP contribution >= 0.6 is 12.4 Å². The highest BCUT2D eigenvalue weighted by atomic mass is 35.5. The normalized spacial score (nSPS) is 16.3. The predicted molar refractivity (Wildman–Crippen MR) is 138 cm³/mol. The van der Waals surface area contributed by atoms with E-state index in [0.29, 0.717) is 42.1 Å². The highest BCUT2D eigenvalue weighted by Gasteiger charge is 2.35. The largest absolute Gasteiger partial charge is 0.418 e. The van der Waals surface area contributed by atoms with E-state index in [-0.39, 0.29) is 41.6 Å². The number of aliphatic hydroxyl groups is 1. The molecule has 37 heavy (non-hydrogen) atoms. The van der Waals surface area contributed by atoms with Crippen molar-refractivity contribution >= 4 is 34.1 Å². The molecule has 0 aliphatic carbocycles. The molecule has 0 amide bonds. The third-order valence-corrected chi connectivity index (χ3v) is 7.20. The second kappa shape index (κ2) is 11.2. The molecule has 0 spiro atoms. The number of hydrogen-bond donors (Lipinski definition) is 3. The maximum atomic E-state index is 13.8. The molecule has 0 bridgehead atoms. The molecule has 0 saturated carbocycles. The fourth-order valence-corrected chi connectivity index (χ4v) is 5.16. The van der Waals surface area contributed by atoms with Gasteiger partial charge < -0.3 is 15.3 Å². The molecule has 1 aliphatic heterocycles. The lowest BCUT2D eigenvalue weighted by atomic mass is 9.96. The van der Waals surface area contributed by atoms with Crippen molar-refractivity contribution in [2.75, 3.05) is 35.9 Å². The van der Waals surface area contributed by atoms with E-state index in [4.69, 9.17) is 0 Å². The van der Waals surface area contributed by atoms with Gasteiger partial charge in [0.25, 0.3) is 10.0 Å². The molecule has 3 N–H and O–H groups in total. The number of benzene rings is 1. The molecule has 4 rings (SSSR count). The number of nitrogens with one attached hydrogen (secondary N) is 2. The summed E-state index contributed by atoms with van der Waals surface area (Å²) in [6, 6.07) is 11.2. The van der Waals surface area contributed by atoms with Crippen molar-refractivity contribution in [2.24, 2.45) is 0 Å². The third kappa shape index (κ3) is 6.32. The lowest BCUT2D eigenvalue weighted by Crippen LogP contribution is -2.52. The number of alkyl halides is 3. The number of hydrogen-bond acceptors (Lipinski definition) is 7. The Bertz CT molecular complexity index is 1350. The average molecular weight is 558 g/mol. The van der Waals surface area contributed by atoms with Gasteiger partial charge in [0.1, 0.15) is 11.6 Å². The van der Waals surface area contributed by atoms with Gasteiger partial charge in [0.15, 0.2) is 5.03 Å². The van der Waals surface area contributed by atoms with Crippen LogP contribution < -0.4 is 14.9 Å². The molecule has 3 heterocycles. The van der Waals surface area contributed by atoms with Gasteiger partial charge in [-0.3, -0.25) is 4.72 Å². The van der Waals surface area contributed by atoms with E-state index >= 15 is 0 Å². The molecule has 1 atom stereocenters. The predicted octanol–water partition coefficient (Wildman–Crippen LogP) is 3.77. The minimum Gasteiger partial charge on any atom is -0.395 e. The Morgan fingerprint density at radius 2 is 1.76 bits per heavy atom. The molecule has 13 heteroatoms. The first kappa shape index (κ1) is 28.6. The van der Waals surface area contributed by atoms with Crippen molar-refractivity contribution in [1.29, 1.82) is 0 Å². The number of rotatable bonds is 6. The standard InChI is InChI=1S/C24H26F3N5O3S.ClH/c1-15-5-3-6-16(2)22(15)23-18(24(25,26)27)9-10-19(29-23)31-36(34,35)21-8-4-7-20(30-21)32-12-11-28-17(13-32)14-33;/h3-10,17,28,33H,11-14H2,1-2H3,(H,29,31);1H. The molecule has 1 saturated heterocycles. The van der Waals surface area contributed by atoms with Crippen molar-refractivity contribution in [3.05, 3.63) is 65.2 Å². The summed E-state index contributed by atoms with van der Waals surface area (Å²) in [5.41, 5.74) is 0.151. The van der Waals surface area contributed by atoms with Gasteiger partial charge in [-0.25, -0.2) is 9.97 Å². The molecule has 200 valence electrons. The minimum absolute atomic E-state index is 0. The first-order chi connectivity index (χ1) is 17.0. The van der Waals surface area contributed by atoms with Crippen molar-refractivity contribution in [3.63, 3.8) is 0 Å². The molecule has 1 aromatic carbocycles. The maximum absolute atomic E-state index is 13.8. The van der Waals surface area contributed by atoms with Gasteiger partial charge in [0.2, 0.25) is 0 Å². The zero-order chi connectivity index (χ0) is 26.1. The van der Waals surface area contributed by atoms with Gasteiger partial charge in [-0.2, -0.15) is 21.6 Å². The maximum Gasteiger partial charge on any atom is 0.418 e. The van der Waals surface area contributed by atoms with E-state index < -0.39 is 21.8 Å². The van der Waals surface area contributed by atoms with Gasteiger partial charge in [-0.15, -0.1) is 12.4 Å². The van der Waals surface area contributed by atoms with Crippen LogP contribution in [-0.2, 0) is 16.2 Å². The van der Waals surface area contributed by atoms with E-state index in [2.05, 4.69) is 20.0 Å². The average Bonchev–Trinajstić information content (AvgIpc) is 2.83. The van der Waals surface area contributed by atoms with Gasteiger partial charge in [0, 0.05) is 31.2 Å². The number of aliphatic hydroxyl groups excluding tert-OH is 1. The zero-order valence-electron chi connectivity index (χ0n) is 20.1. The molecule has 1 unspecified atom stereocenters. The smallest absolute Gasteiger partial charge is 0.395 e. The summed E-state index contributed by atoms with van der Waals surface area (Å²) in [6.45, 7) is 4.89. The van der Waals surface area contributed by atoms with E-state index in [1.807, 2.05) is 4.90 Å². The number of halogens is 4. The fraction of sp³-hybridized carbons (Fsp3) is 0.333. The number of aromatic nitrogens is 2. The Hall–Kier alpha value is -2.93. The Labute approximate surface area is 219 Å². The topological polar surface area (TPSA) is 107 Å². The van der Waals surface area contributed by atoms with E-state index in [0.717, 1.165) is 12.1 Å². The van der Waals surface area contributed by atoms with E-state index in [1.165, 1.54) is 12.1 Å². The quantitative estimate of drug-likeness (QED) is 0.423. The van der Waals surface area contributed by atoms with Crippen molar-refractivity contribution in [2.45, 2.75) is 31.1 Å². The summed E-state index contributed by atoms with van der Waals surface area (Å²) in [6.07, 6.45) is -4.68. The Morgan fingerprint density at radius 1 is 1.08 bits per heavy atom. The van der Waals surface area contributed by atoms with Crippen LogP contribution in [-0.4, -0.2) is 55.8 Å². The molecule has 3 aromatic rings. The number of pyridine rings is 2. The number of nitrogens with zero attached hydrogens (tertiary/aromatic N) is 3. The summed E-state index contributed by atoms with van der Waals surface area (Å²) in [7, 11) is -4.26. The van der Waals surface area contributed by atoms with Crippen LogP contribution in [0.5, 0.6) is 0 Å². The van der Waals surface area contributed by atoms with Crippen molar-refractivity contribution in [3.8, 4) is 11.3 Å². The van der Waals surface area contributed by atoms with Crippen LogP contribution in [0.25, 0.3) is 11.3 Å². The van der Waals surface area contributed by atoms with Gasteiger partial charge in [-0.05, 0) is 49.2 Å². The molecular weight excluding hydrogens is 531 g/mol. The molecule has 0 radical (unpaired) electrons. The fourth-order valence-electron chi connectivity index (χ4n) is 4.20. The van der Waals surface area contributed by atoms with Crippen LogP contribution in [0, 0.1) is 13.8 Å². The van der Waals surface area contributed by atoms with Crippen molar-refractivity contribution < 1.29 is 26.7 Å². The summed E-state index contributed by atoms with van der Waals surface area (Å²) >= 11 is 0. The Kier molecular flexibility index (Phi) is 8.68. The third-order valence-electron chi connectivity index (χ3n) is 5.94. The Balaban J connectivity index is 0.00000380. The Morgan fingerprint density at radius 3 is 2.41 bits per heavy atom. The highest BCUT2D eigenvalue weighted by molar-refractivity contribution is 7.92. The number of sulfonamides is 1. The van der Waals surface area contributed by atoms with Crippen LogP contribution in [0.2, 0.25) is 0 Å². The number of piperazine rings is 1. The lowest BCUT2D eigenvalue weighted by molar-refractivity contribution is -0.137. The number of anilines is 2. The van der Waals surface area contributed by atoms with Crippen LogP contribution in [0.1, 0.15) is 16.7 Å². The lowest BCUT2D eigenvalue weighted by Gasteiger charge is -2.33. The van der Waals surface area contributed by atoms with Crippen LogP contribution in [0.3, 0.4) is 0 Å². The van der Waals surface area contributed by atoms with Gasteiger partial charge in [-0.1, -0.05) is 24.3 Å². The monoisotopic (exact) mass is 557 g/mol.